The Balaban J connectivity index is 2.07. The third-order valence-electron chi connectivity index (χ3n) is 3.68. The molecule has 1 saturated heterocycles. The van der Waals surface area contributed by atoms with E-state index >= 15 is 0 Å². The second-order valence-electron chi connectivity index (χ2n) is 5.31. The number of methoxy groups -OCH3 is 1. The van der Waals surface area contributed by atoms with Gasteiger partial charge in [0.2, 0.25) is 0 Å². The molecule has 0 bridgehead atoms. The van der Waals surface area contributed by atoms with E-state index in [2.05, 4.69) is 12.2 Å². The summed E-state index contributed by atoms with van der Waals surface area (Å²) in [6.07, 6.45) is 1.81. The first-order chi connectivity index (χ1) is 8.70. The molecule has 0 radical (unpaired) electrons. The monoisotopic (exact) mass is 249 g/mol. The molecule has 1 heterocycles. The number of hydrogen-bond donors (Lipinski definition) is 2. The maximum Gasteiger partial charge on any atom is 0.0943 e. The summed E-state index contributed by atoms with van der Waals surface area (Å²) in [5.41, 5.74) is 2.09. The summed E-state index contributed by atoms with van der Waals surface area (Å²) in [6, 6.07) is 8.21. The van der Waals surface area contributed by atoms with Gasteiger partial charge in [-0.05, 0) is 36.4 Å². The fourth-order valence-electron chi connectivity index (χ4n) is 2.66. The first kappa shape index (κ1) is 13.5. The van der Waals surface area contributed by atoms with E-state index in [1.54, 1.807) is 7.11 Å². The van der Waals surface area contributed by atoms with Gasteiger partial charge in [0.15, 0.2) is 0 Å². The van der Waals surface area contributed by atoms with Gasteiger partial charge in [-0.15, -0.1) is 0 Å². The van der Waals surface area contributed by atoms with E-state index in [1.807, 2.05) is 24.3 Å². The molecule has 3 nitrogen and oxygen atoms in total. The third kappa shape index (κ3) is 3.31. The normalized spacial score (nSPS) is 25.9. The van der Waals surface area contributed by atoms with Crippen LogP contribution in [-0.4, -0.2) is 24.8 Å². The molecule has 0 aromatic heterocycles. The SMILES string of the molecule is COCc1cccc(C(O)C2CC(C)CCN2)c1. The lowest BCUT2D eigenvalue weighted by Crippen LogP contribution is -2.41. The van der Waals surface area contributed by atoms with Crippen LogP contribution in [0.5, 0.6) is 0 Å². The largest absolute Gasteiger partial charge is 0.387 e. The molecule has 3 heteroatoms. The third-order valence-corrected chi connectivity index (χ3v) is 3.68. The fourth-order valence-corrected chi connectivity index (χ4v) is 2.66. The van der Waals surface area contributed by atoms with E-state index in [0.717, 1.165) is 24.1 Å². The lowest BCUT2D eigenvalue weighted by atomic mass is 9.88. The molecule has 3 atom stereocenters. The fraction of sp³-hybridized carbons (Fsp3) is 0.600. The quantitative estimate of drug-likeness (QED) is 0.860. The molecular weight excluding hydrogens is 226 g/mol. The van der Waals surface area contributed by atoms with E-state index in [0.29, 0.717) is 12.5 Å². The molecule has 0 spiro atoms. The van der Waals surface area contributed by atoms with Crippen molar-refractivity contribution in [1.29, 1.82) is 0 Å². The Labute approximate surface area is 109 Å². The highest BCUT2D eigenvalue weighted by Crippen LogP contribution is 2.26. The maximum absolute atomic E-state index is 10.5. The smallest absolute Gasteiger partial charge is 0.0943 e. The molecule has 1 aromatic carbocycles. The Bertz CT molecular complexity index is 381. The van der Waals surface area contributed by atoms with Crippen LogP contribution in [0, 0.1) is 5.92 Å². The molecule has 0 aliphatic carbocycles. The van der Waals surface area contributed by atoms with Crippen LogP contribution in [0.2, 0.25) is 0 Å². The van der Waals surface area contributed by atoms with Crippen LogP contribution >= 0.6 is 0 Å². The number of hydrogen-bond acceptors (Lipinski definition) is 3. The molecule has 3 unspecified atom stereocenters. The molecule has 2 N–H and O–H groups in total. The highest BCUT2D eigenvalue weighted by Gasteiger charge is 2.25. The first-order valence-corrected chi connectivity index (χ1v) is 6.70. The van der Waals surface area contributed by atoms with E-state index in [-0.39, 0.29) is 6.04 Å². The van der Waals surface area contributed by atoms with Crippen molar-refractivity contribution in [2.24, 2.45) is 5.92 Å². The Morgan fingerprint density at radius 2 is 2.33 bits per heavy atom. The summed E-state index contributed by atoms with van der Waals surface area (Å²) in [6.45, 7) is 3.84. The molecule has 0 amide bonds. The summed E-state index contributed by atoms with van der Waals surface area (Å²) in [4.78, 5) is 0. The number of ether oxygens (including phenoxy) is 1. The van der Waals surface area contributed by atoms with Crippen LogP contribution in [-0.2, 0) is 11.3 Å². The van der Waals surface area contributed by atoms with Crippen molar-refractivity contribution >= 4 is 0 Å². The predicted molar refractivity (Wildman–Crippen MR) is 72.3 cm³/mol. The van der Waals surface area contributed by atoms with E-state index < -0.39 is 6.10 Å². The van der Waals surface area contributed by atoms with Crippen molar-refractivity contribution in [3.63, 3.8) is 0 Å². The minimum absolute atomic E-state index is 0.173. The van der Waals surface area contributed by atoms with Crippen LogP contribution in [0.15, 0.2) is 24.3 Å². The van der Waals surface area contributed by atoms with Gasteiger partial charge in [-0.3, -0.25) is 0 Å². The zero-order chi connectivity index (χ0) is 13.0. The standard InChI is InChI=1S/C15H23NO2/c1-11-6-7-16-14(8-11)15(17)13-5-3-4-12(9-13)10-18-2/h3-5,9,11,14-17H,6-8,10H2,1-2H3. The molecule has 100 valence electrons. The van der Waals surface area contributed by atoms with Crippen LogP contribution in [0.1, 0.15) is 37.0 Å². The van der Waals surface area contributed by atoms with Crippen molar-refractivity contribution in [2.45, 2.75) is 38.5 Å². The van der Waals surface area contributed by atoms with Gasteiger partial charge in [0.1, 0.15) is 0 Å². The number of nitrogens with one attached hydrogen (secondary N) is 1. The second-order valence-corrected chi connectivity index (χ2v) is 5.31. The molecular formula is C15H23NO2. The zero-order valence-corrected chi connectivity index (χ0v) is 11.2. The van der Waals surface area contributed by atoms with Gasteiger partial charge < -0.3 is 15.2 Å². The number of benzene rings is 1. The lowest BCUT2D eigenvalue weighted by Gasteiger charge is -2.32. The molecule has 1 fully saturated rings. The van der Waals surface area contributed by atoms with E-state index in [4.69, 9.17) is 4.74 Å². The molecule has 1 aliphatic heterocycles. The van der Waals surface area contributed by atoms with Gasteiger partial charge >= 0.3 is 0 Å². The van der Waals surface area contributed by atoms with E-state index in [9.17, 15) is 5.11 Å². The van der Waals surface area contributed by atoms with E-state index in [1.165, 1.54) is 6.42 Å². The van der Waals surface area contributed by atoms with Crippen LogP contribution in [0.4, 0.5) is 0 Å². The predicted octanol–water partition coefficient (Wildman–Crippen LogP) is 2.25. The Kier molecular flexibility index (Phi) is 4.75. The highest BCUT2D eigenvalue weighted by molar-refractivity contribution is 5.25. The van der Waals surface area contributed by atoms with Gasteiger partial charge in [0, 0.05) is 13.2 Å². The summed E-state index contributed by atoms with van der Waals surface area (Å²) >= 11 is 0. The zero-order valence-electron chi connectivity index (χ0n) is 11.2. The average Bonchev–Trinajstić information content (AvgIpc) is 2.39. The molecule has 1 aliphatic rings. The number of rotatable bonds is 4. The van der Waals surface area contributed by atoms with Gasteiger partial charge in [-0.25, -0.2) is 0 Å². The van der Waals surface area contributed by atoms with Crippen molar-refractivity contribution in [3.05, 3.63) is 35.4 Å². The topological polar surface area (TPSA) is 41.5 Å². The summed E-state index contributed by atoms with van der Waals surface area (Å²) in [5.74, 6) is 0.688. The van der Waals surface area contributed by atoms with Crippen molar-refractivity contribution < 1.29 is 9.84 Å². The lowest BCUT2D eigenvalue weighted by molar-refractivity contribution is 0.101. The summed E-state index contributed by atoms with van der Waals surface area (Å²) in [5, 5.41) is 13.9. The van der Waals surface area contributed by atoms with Gasteiger partial charge in [0.05, 0.1) is 12.7 Å². The summed E-state index contributed by atoms with van der Waals surface area (Å²) < 4.78 is 5.13. The van der Waals surface area contributed by atoms with Crippen LogP contribution in [0.3, 0.4) is 0 Å². The number of aliphatic hydroxyl groups is 1. The molecule has 0 saturated carbocycles. The van der Waals surface area contributed by atoms with Crippen LogP contribution < -0.4 is 5.32 Å². The molecule has 1 aromatic rings. The van der Waals surface area contributed by atoms with Gasteiger partial charge in [-0.2, -0.15) is 0 Å². The minimum Gasteiger partial charge on any atom is -0.387 e. The summed E-state index contributed by atoms with van der Waals surface area (Å²) in [7, 11) is 1.69. The Morgan fingerprint density at radius 1 is 1.50 bits per heavy atom. The van der Waals surface area contributed by atoms with Crippen molar-refractivity contribution in [1.82, 2.24) is 5.32 Å². The van der Waals surface area contributed by atoms with Gasteiger partial charge in [-0.1, -0.05) is 31.2 Å². The van der Waals surface area contributed by atoms with Crippen molar-refractivity contribution in [3.8, 4) is 0 Å². The van der Waals surface area contributed by atoms with Gasteiger partial charge in [0.25, 0.3) is 0 Å². The minimum atomic E-state index is -0.426. The number of piperidine rings is 1. The highest BCUT2D eigenvalue weighted by atomic mass is 16.5. The van der Waals surface area contributed by atoms with Crippen molar-refractivity contribution in [2.75, 3.05) is 13.7 Å². The average molecular weight is 249 g/mol. The molecule has 2 rings (SSSR count). The maximum atomic E-state index is 10.5. The first-order valence-electron chi connectivity index (χ1n) is 6.70. The number of aliphatic hydroxyl groups excluding tert-OH is 1. The Hall–Kier alpha value is -0.900. The Morgan fingerprint density at radius 3 is 3.06 bits per heavy atom. The molecule has 18 heavy (non-hydrogen) atoms. The second kappa shape index (κ2) is 6.32. The van der Waals surface area contributed by atoms with Crippen LogP contribution in [0.25, 0.3) is 0 Å².